The van der Waals surface area contributed by atoms with Crippen LogP contribution in [-0.2, 0) is 12.6 Å². The Morgan fingerprint density at radius 2 is 1.69 bits per heavy atom. The van der Waals surface area contributed by atoms with Crippen LogP contribution in [0.1, 0.15) is 30.4 Å². The Balaban J connectivity index is 2.48. The van der Waals surface area contributed by atoms with E-state index in [2.05, 4.69) is 6.58 Å². The quantitative estimate of drug-likeness (QED) is 0.510. The zero-order chi connectivity index (χ0) is 12.0. The van der Waals surface area contributed by atoms with Crippen LogP contribution in [0, 0.1) is 0 Å². The van der Waals surface area contributed by atoms with Crippen LogP contribution in [0.5, 0.6) is 0 Å². The normalized spacial score (nSPS) is 11.4. The van der Waals surface area contributed by atoms with Crippen LogP contribution >= 0.6 is 0 Å². The lowest BCUT2D eigenvalue weighted by Crippen LogP contribution is -2.04. The van der Waals surface area contributed by atoms with Crippen molar-refractivity contribution in [1.29, 1.82) is 0 Å². The van der Waals surface area contributed by atoms with Crippen molar-refractivity contribution in [2.75, 3.05) is 0 Å². The lowest BCUT2D eigenvalue weighted by molar-refractivity contribution is -0.137. The van der Waals surface area contributed by atoms with Crippen LogP contribution in [0.4, 0.5) is 13.2 Å². The minimum absolute atomic E-state index is 0.581. The summed E-state index contributed by atoms with van der Waals surface area (Å²) in [4.78, 5) is 0. The van der Waals surface area contributed by atoms with Crippen molar-refractivity contribution >= 4 is 0 Å². The molecule has 0 saturated carbocycles. The summed E-state index contributed by atoms with van der Waals surface area (Å²) in [5.74, 6) is 0. The van der Waals surface area contributed by atoms with E-state index in [0.29, 0.717) is 0 Å². The summed E-state index contributed by atoms with van der Waals surface area (Å²) in [5, 5.41) is 0. The fraction of sp³-hybridized carbons (Fsp3) is 0.385. The molecule has 0 radical (unpaired) electrons. The van der Waals surface area contributed by atoms with E-state index >= 15 is 0 Å². The molecule has 0 N–H and O–H groups in total. The molecule has 1 aromatic rings. The number of hydrogen-bond acceptors (Lipinski definition) is 0. The van der Waals surface area contributed by atoms with E-state index in [9.17, 15) is 13.2 Å². The first-order valence-corrected chi connectivity index (χ1v) is 5.31. The fourth-order valence-electron chi connectivity index (χ4n) is 1.48. The van der Waals surface area contributed by atoms with Gasteiger partial charge in [0.2, 0.25) is 0 Å². The number of aryl methyl sites for hydroxylation is 1. The van der Waals surface area contributed by atoms with Crippen molar-refractivity contribution in [1.82, 2.24) is 0 Å². The number of halogens is 3. The van der Waals surface area contributed by atoms with Crippen LogP contribution in [0.15, 0.2) is 36.9 Å². The molecular weight excluding hydrogens is 213 g/mol. The lowest BCUT2D eigenvalue weighted by Gasteiger charge is -2.07. The Hall–Kier alpha value is -1.25. The minimum Gasteiger partial charge on any atom is -0.166 e. The highest BCUT2D eigenvalue weighted by Gasteiger charge is 2.29. The van der Waals surface area contributed by atoms with Crippen LogP contribution < -0.4 is 0 Å². The van der Waals surface area contributed by atoms with Gasteiger partial charge in [0.15, 0.2) is 0 Å². The molecule has 0 aliphatic rings. The first-order chi connectivity index (χ1) is 7.54. The Kier molecular flexibility index (Phi) is 4.59. The molecular formula is C13H15F3. The average molecular weight is 228 g/mol. The highest BCUT2D eigenvalue weighted by Crippen LogP contribution is 2.29. The summed E-state index contributed by atoms with van der Waals surface area (Å²) in [6.07, 6.45) is 1.42. The van der Waals surface area contributed by atoms with Gasteiger partial charge in [-0.1, -0.05) is 18.2 Å². The van der Waals surface area contributed by atoms with E-state index < -0.39 is 11.7 Å². The minimum atomic E-state index is -4.23. The molecule has 0 spiro atoms. The van der Waals surface area contributed by atoms with Crippen LogP contribution in [0.3, 0.4) is 0 Å². The zero-order valence-corrected chi connectivity index (χ0v) is 9.06. The van der Waals surface area contributed by atoms with E-state index in [-0.39, 0.29) is 0 Å². The molecule has 0 bridgehead atoms. The SMILES string of the molecule is C=CCCCCc1ccc(C(F)(F)F)cc1. The van der Waals surface area contributed by atoms with E-state index in [1.807, 2.05) is 6.08 Å². The highest BCUT2D eigenvalue weighted by molar-refractivity contribution is 5.24. The lowest BCUT2D eigenvalue weighted by atomic mass is 10.1. The first kappa shape index (κ1) is 12.8. The van der Waals surface area contributed by atoms with E-state index in [4.69, 9.17) is 0 Å². The standard InChI is InChI=1S/C13H15F3/c1-2-3-4-5-6-11-7-9-12(10-8-11)13(14,15)16/h2,7-10H,1,3-6H2. The molecule has 88 valence electrons. The second-order valence-corrected chi connectivity index (χ2v) is 3.73. The molecule has 1 aromatic carbocycles. The summed E-state index contributed by atoms with van der Waals surface area (Å²) >= 11 is 0. The second-order valence-electron chi connectivity index (χ2n) is 3.73. The van der Waals surface area contributed by atoms with Crippen molar-refractivity contribution in [3.05, 3.63) is 48.0 Å². The molecule has 0 fully saturated rings. The van der Waals surface area contributed by atoms with Crippen molar-refractivity contribution in [2.24, 2.45) is 0 Å². The Labute approximate surface area is 93.8 Å². The molecule has 1 rings (SSSR count). The molecule has 0 heterocycles. The molecule has 0 amide bonds. The van der Waals surface area contributed by atoms with Gasteiger partial charge in [0.25, 0.3) is 0 Å². The number of rotatable bonds is 5. The summed E-state index contributed by atoms with van der Waals surface area (Å²) in [7, 11) is 0. The van der Waals surface area contributed by atoms with E-state index in [0.717, 1.165) is 43.4 Å². The fourth-order valence-corrected chi connectivity index (χ4v) is 1.48. The number of hydrogen-bond donors (Lipinski definition) is 0. The first-order valence-electron chi connectivity index (χ1n) is 5.31. The van der Waals surface area contributed by atoms with Crippen molar-refractivity contribution in [2.45, 2.75) is 31.9 Å². The maximum atomic E-state index is 12.3. The third-order valence-corrected chi connectivity index (χ3v) is 2.40. The van der Waals surface area contributed by atoms with E-state index in [1.165, 1.54) is 0 Å². The number of benzene rings is 1. The topological polar surface area (TPSA) is 0 Å². The number of allylic oxidation sites excluding steroid dienone is 1. The molecule has 0 nitrogen and oxygen atoms in total. The highest BCUT2D eigenvalue weighted by atomic mass is 19.4. The Morgan fingerprint density at radius 1 is 1.06 bits per heavy atom. The van der Waals surface area contributed by atoms with Gasteiger partial charge in [-0.3, -0.25) is 0 Å². The van der Waals surface area contributed by atoms with Crippen molar-refractivity contribution in [3.8, 4) is 0 Å². The van der Waals surface area contributed by atoms with Crippen LogP contribution in [-0.4, -0.2) is 0 Å². The summed E-state index contributed by atoms with van der Waals surface area (Å²) < 4.78 is 36.8. The molecule has 0 aromatic heterocycles. The van der Waals surface area contributed by atoms with Gasteiger partial charge in [0.1, 0.15) is 0 Å². The molecule has 3 heteroatoms. The third kappa shape index (κ3) is 4.09. The van der Waals surface area contributed by atoms with Gasteiger partial charge in [-0.05, 0) is 43.4 Å². The summed E-state index contributed by atoms with van der Waals surface area (Å²) in [6.45, 7) is 3.62. The largest absolute Gasteiger partial charge is 0.416 e. The van der Waals surface area contributed by atoms with Crippen molar-refractivity contribution in [3.63, 3.8) is 0 Å². The summed E-state index contributed by atoms with van der Waals surface area (Å²) in [5.41, 5.74) is 0.374. The van der Waals surface area contributed by atoms with Gasteiger partial charge in [0, 0.05) is 0 Å². The predicted molar refractivity (Wildman–Crippen MR) is 59.2 cm³/mol. The Morgan fingerprint density at radius 3 is 2.19 bits per heavy atom. The molecule has 0 atom stereocenters. The maximum absolute atomic E-state index is 12.3. The van der Waals surface area contributed by atoms with Gasteiger partial charge in [0.05, 0.1) is 5.56 Å². The van der Waals surface area contributed by atoms with Gasteiger partial charge in [-0.15, -0.1) is 6.58 Å². The molecule has 0 aliphatic carbocycles. The van der Waals surface area contributed by atoms with Crippen molar-refractivity contribution < 1.29 is 13.2 Å². The second kappa shape index (κ2) is 5.73. The van der Waals surface area contributed by atoms with Gasteiger partial charge in [-0.25, -0.2) is 0 Å². The molecule has 16 heavy (non-hydrogen) atoms. The number of unbranched alkanes of at least 4 members (excludes halogenated alkanes) is 2. The summed E-state index contributed by atoms with van der Waals surface area (Å²) in [6, 6.07) is 5.39. The Bertz CT molecular complexity index is 322. The molecule has 0 saturated heterocycles. The molecule has 0 unspecified atom stereocenters. The average Bonchev–Trinajstić information content (AvgIpc) is 2.24. The zero-order valence-electron chi connectivity index (χ0n) is 9.06. The number of alkyl halides is 3. The maximum Gasteiger partial charge on any atom is 0.416 e. The van der Waals surface area contributed by atoms with Crippen LogP contribution in [0.2, 0.25) is 0 Å². The van der Waals surface area contributed by atoms with Crippen LogP contribution in [0.25, 0.3) is 0 Å². The molecule has 0 aliphatic heterocycles. The third-order valence-electron chi connectivity index (χ3n) is 2.40. The predicted octanol–water partition coefficient (Wildman–Crippen LogP) is 4.60. The van der Waals surface area contributed by atoms with E-state index in [1.54, 1.807) is 12.1 Å². The van der Waals surface area contributed by atoms with Gasteiger partial charge < -0.3 is 0 Å². The van der Waals surface area contributed by atoms with Gasteiger partial charge >= 0.3 is 6.18 Å². The monoisotopic (exact) mass is 228 g/mol. The van der Waals surface area contributed by atoms with Gasteiger partial charge in [-0.2, -0.15) is 13.2 Å². The smallest absolute Gasteiger partial charge is 0.166 e.